The van der Waals surface area contributed by atoms with Gasteiger partial charge in [0.1, 0.15) is 0 Å². The molecule has 0 spiro atoms. The van der Waals surface area contributed by atoms with E-state index in [1.54, 1.807) is 13.8 Å². The summed E-state index contributed by atoms with van der Waals surface area (Å²) in [6, 6.07) is 0. The second-order valence-corrected chi connectivity index (χ2v) is 7.33. The van der Waals surface area contributed by atoms with E-state index >= 15 is 0 Å². The molecule has 1 aliphatic rings. The molecule has 0 aromatic heterocycles. The van der Waals surface area contributed by atoms with Gasteiger partial charge in [-0.1, -0.05) is 20.8 Å². The number of amides is 1. The van der Waals surface area contributed by atoms with E-state index in [2.05, 4.69) is 20.8 Å². The molecule has 1 fully saturated rings. The summed E-state index contributed by atoms with van der Waals surface area (Å²) in [5.74, 6) is 0.875. The quantitative estimate of drug-likeness (QED) is 0.842. The maximum atomic E-state index is 12.0. The van der Waals surface area contributed by atoms with Gasteiger partial charge in [0.05, 0.1) is 5.60 Å². The molecule has 1 N–H and O–H groups in total. The lowest BCUT2D eigenvalue weighted by Crippen LogP contribution is -2.35. The van der Waals surface area contributed by atoms with Gasteiger partial charge in [-0.3, -0.25) is 4.79 Å². The average molecular weight is 255 g/mol. The van der Waals surface area contributed by atoms with Gasteiger partial charge in [-0.15, -0.1) is 0 Å². The number of nitrogens with zero attached hydrogens (tertiary/aromatic N) is 1. The highest BCUT2D eigenvalue weighted by Gasteiger charge is 2.30. The van der Waals surface area contributed by atoms with Crippen LogP contribution in [0.3, 0.4) is 0 Å². The second-order valence-electron chi connectivity index (χ2n) is 7.33. The Bertz CT molecular complexity index is 286. The number of hydrogen-bond donors (Lipinski definition) is 1. The first-order valence-corrected chi connectivity index (χ1v) is 7.10. The second kappa shape index (κ2) is 5.60. The van der Waals surface area contributed by atoms with E-state index in [0.717, 1.165) is 19.4 Å². The van der Waals surface area contributed by atoms with Gasteiger partial charge in [0.15, 0.2) is 0 Å². The number of likely N-dealkylation sites (tertiary alicyclic amines) is 1. The van der Waals surface area contributed by atoms with Crippen LogP contribution in [0.1, 0.15) is 60.3 Å². The van der Waals surface area contributed by atoms with Crippen LogP contribution in [0.5, 0.6) is 0 Å². The van der Waals surface area contributed by atoms with Crippen LogP contribution < -0.4 is 0 Å². The first-order chi connectivity index (χ1) is 8.09. The van der Waals surface area contributed by atoms with Crippen molar-refractivity contribution in [3.63, 3.8) is 0 Å². The lowest BCUT2D eigenvalue weighted by Gasteiger charge is -2.30. The molecule has 0 bridgehead atoms. The first-order valence-electron chi connectivity index (χ1n) is 7.10. The van der Waals surface area contributed by atoms with Crippen molar-refractivity contribution in [1.82, 2.24) is 4.90 Å². The molecule has 0 aliphatic carbocycles. The highest BCUT2D eigenvalue weighted by atomic mass is 16.3. The van der Waals surface area contributed by atoms with Crippen LogP contribution in [0.4, 0.5) is 0 Å². The van der Waals surface area contributed by atoms with Crippen molar-refractivity contribution >= 4 is 5.91 Å². The minimum Gasteiger partial charge on any atom is -0.390 e. The molecule has 106 valence electrons. The maximum absolute atomic E-state index is 12.0. The summed E-state index contributed by atoms with van der Waals surface area (Å²) in [7, 11) is 0. The molecule has 0 radical (unpaired) electrons. The Kier molecular flexibility index (Phi) is 4.82. The lowest BCUT2D eigenvalue weighted by atomic mass is 9.77. The van der Waals surface area contributed by atoms with E-state index in [-0.39, 0.29) is 11.3 Å². The number of hydrogen-bond acceptors (Lipinski definition) is 2. The van der Waals surface area contributed by atoms with Crippen molar-refractivity contribution < 1.29 is 9.90 Å². The normalized spacial score (nSPS) is 23.1. The number of aliphatic hydroxyl groups is 1. The van der Waals surface area contributed by atoms with Crippen molar-refractivity contribution in [3.8, 4) is 0 Å². The average Bonchev–Trinajstić information content (AvgIpc) is 2.35. The topological polar surface area (TPSA) is 40.5 Å². The van der Waals surface area contributed by atoms with Crippen LogP contribution in [-0.2, 0) is 4.79 Å². The zero-order valence-electron chi connectivity index (χ0n) is 12.6. The third kappa shape index (κ3) is 4.97. The fourth-order valence-corrected chi connectivity index (χ4v) is 2.55. The van der Waals surface area contributed by atoms with Crippen molar-refractivity contribution in [2.45, 2.75) is 65.9 Å². The van der Waals surface area contributed by atoms with E-state index < -0.39 is 5.60 Å². The predicted molar refractivity (Wildman–Crippen MR) is 74.3 cm³/mol. The molecule has 1 atom stereocenters. The summed E-state index contributed by atoms with van der Waals surface area (Å²) < 4.78 is 0. The zero-order chi connectivity index (χ0) is 14.0. The van der Waals surface area contributed by atoms with Crippen LogP contribution in [0, 0.1) is 11.3 Å². The molecule has 1 aliphatic heterocycles. The van der Waals surface area contributed by atoms with E-state index in [1.807, 2.05) is 4.90 Å². The molecular weight excluding hydrogens is 226 g/mol. The lowest BCUT2D eigenvalue weighted by molar-refractivity contribution is -0.131. The van der Waals surface area contributed by atoms with Gasteiger partial charge in [-0.05, 0) is 44.4 Å². The summed E-state index contributed by atoms with van der Waals surface area (Å²) >= 11 is 0. The van der Waals surface area contributed by atoms with Gasteiger partial charge >= 0.3 is 0 Å². The molecule has 1 amide bonds. The SMILES string of the molecule is CC(C)(O)CCN1CCC(C(C)(C)C)CCC1=O. The molecular formula is C15H29NO2. The molecule has 1 rings (SSSR count). The fraction of sp³-hybridized carbons (Fsp3) is 0.933. The molecule has 3 nitrogen and oxygen atoms in total. The third-order valence-electron chi connectivity index (χ3n) is 4.03. The molecule has 3 heteroatoms. The van der Waals surface area contributed by atoms with E-state index in [9.17, 15) is 9.90 Å². The van der Waals surface area contributed by atoms with Crippen LogP contribution in [0.25, 0.3) is 0 Å². The van der Waals surface area contributed by atoms with Crippen LogP contribution in [0.15, 0.2) is 0 Å². The highest BCUT2D eigenvalue weighted by Crippen LogP contribution is 2.34. The summed E-state index contributed by atoms with van der Waals surface area (Å²) in [5, 5.41) is 9.75. The summed E-state index contributed by atoms with van der Waals surface area (Å²) in [6.07, 6.45) is 3.40. The highest BCUT2D eigenvalue weighted by molar-refractivity contribution is 5.76. The van der Waals surface area contributed by atoms with Crippen LogP contribution >= 0.6 is 0 Å². The van der Waals surface area contributed by atoms with E-state index in [4.69, 9.17) is 0 Å². The number of rotatable bonds is 3. The fourth-order valence-electron chi connectivity index (χ4n) is 2.55. The Balaban J connectivity index is 2.55. The predicted octanol–water partition coefficient (Wildman–Crippen LogP) is 2.82. The Morgan fingerprint density at radius 2 is 1.83 bits per heavy atom. The minimum atomic E-state index is -0.685. The van der Waals surface area contributed by atoms with Crippen LogP contribution in [0.2, 0.25) is 0 Å². The van der Waals surface area contributed by atoms with Gasteiger partial charge in [0.2, 0.25) is 5.91 Å². The van der Waals surface area contributed by atoms with E-state index in [1.165, 1.54) is 0 Å². The molecule has 1 heterocycles. The van der Waals surface area contributed by atoms with Crippen molar-refractivity contribution in [2.24, 2.45) is 11.3 Å². The van der Waals surface area contributed by atoms with Crippen molar-refractivity contribution in [2.75, 3.05) is 13.1 Å². The smallest absolute Gasteiger partial charge is 0.222 e. The minimum absolute atomic E-state index is 0.256. The molecule has 18 heavy (non-hydrogen) atoms. The van der Waals surface area contributed by atoms with Crippen molar-refractivity contribution in [3.05, 3.63) is 0 Å². The Morgan fingerprint density at radius 1 is 1.22 bits per heavy atom. The molecule has 1 saturated heterocycles. The monoisotopic (exact) mass is 255 g/mol. The number of carbonyl (C=O) groups excluding carboxylic acids is 1. The first kappa shape index (κ1) is 15.5. The van der Waals surface area contributed by atoms with Crippen molar-refractivity contribution in [1.29, 1.82) is 0 Å². The van der Waals surface area contributed by atoms with Gasteiger partial charge in [-0.2, -0.15) is 0 Å². The van der Waals surface area contributed by atoms with Gasteiger partial charge < -0.3 is 10.0 Å². The summed E-state index contributed by atoms with van der Waals surface area (Å²) in [6.45, 7) is 11.9. The summed E-state index contributed by atoms with van der Waals surface area (Å²) in [5.41, 5.74) is -0.400. The van der Waals surface area contributed by atoms with Gasteiger partial charge in [-0.25, -0.2) is 0 Å². The largest absolute Gasteiger partial charge is 0.390 e. The third-order valence-corrected chi connectivity index (χ3v) is 4.03. The Labute approximate surface area is 112 Å². The molecule has 0 saturated carbocycles. The molecule has 0 aromatic carbocycles. The van der Waals surface area contributed by atoms with Crippen LogP contribution in [-0.4, -0.2) is 34.6 Å². The Hall–Kier alpha value is -0.570. The molecule has 1 unspecified atom stereocenters. The maximum Gasteiger partial charge on any atom is 0.222 e. The standard InChI is InChI=1S/C15H29NO2/c1-14(2,3)12-6-7-13(17)16(10-8-12)11-9-15(4,5)18/h12,18H,6-11H2,1-5H3. The number of carbonyl (C=O) groups is 1. The van der Waals surface area contributed by atoms with E-state index in [0.29, 0.717) is 25.3 Å². The molecule has 0 aromatic rings. The zero-order valence-corrected chi connectivity index (χ0v) is 12.6. The van der Waals surface area contributed by atoms with Gasteiger partial charge in [0.25, 0.3) is 0 Å². The summed E-state index contributed by atoms with van der Waals surface area (Å²) in [4.78, 5) is 14.0. The Morgan fingerprint density at radius 3 is 2.33 bits per heavy atom. The van der Waals surface area contributed by atoms with Gasteiger partial charge in [0, 0.05) is 19.5 Å².